The molecule has 106 valence electrons. The van der Waals surface area contributed by atoms with Crippen molar-refractivity contribution in [1.82, 2.24) is 0 Å². The first-order valence-electron chi connectivity index (χ1n) is 7.46. The Morgan fingerprint density at radius 1 is 1.16 bits per heavy atom. The molecule has 1 atom stereocenters. The van der Waals surface area contributed by atoms with Gasteiger partial charge >= 0.3 is 0 Å². The quantitative estimate of drug-likeness (QED) is 0.430. The van der Waals surface area contributed by atoms with E-state index in [2.05, 4.69) is 62.5 Å². The summed E-state index contributed by atoms with van der Waals surface area (Å²) in [4.78, 5) is 0. The fourth-order valence-electron chi connectivity index (χ4n) is 2.38. The molecule has 0 aliphatic heterocycles. The molecule has 0 bridgehead atoms. The van der Waals surface area contributed by atoms with Crippen LogP contribution in [-0.2, 0) is 0 Å². The molecular weight excluding hydrogens is 248 g/mol. The first-order chi connectivity index (χ1) is 9.12. The van der Waals surface area contributed by atoms with E-state index in [4.69, 9.17) is 0 Å². The van der Waals surface area contributed by atoms with Gasteiger partial charge in [0.05, 0.1) is 8.07 Å². The summed E-state index contributed by atoms with van der Waals surface area (Å²) in [6.07, 6.45) is 9.50. The summed E-state index contributed by atoms with van der Waals surface area (Å²) < 4.78 is 0. The summed E-state index contributed by atoms with van der Waals surface area (Å²) in [5.41, 5.74) is 0.316. The van der Waals surface area contributed by atoms with Gasteiger partial charge in [-0.05, 0) is 18.4 Å². The second-order valence-electron chi connectivity index (χ2n) is 5.80. The number of allylic oxidation sites excluding steroid dienone is 1. The van der Waals surface area contributed by atoms with E-state index in [1.165, 1.54) is 24.4 Å². The third kappa shape index (κ3) is 4.96. The topological polar surface area (TPSA) is 20.2 Å². The van der Waals surface area contributed by atoms with E-state index >= 15 is 0 Å². The SMILES string of the molecule is CCCCC/C=C\C(CO)[Si](C)(C)c1ccccc1. The number of benzene rings is 1. The van der Waals surface area contributed by atoms with Gasteiger partial charge in [-0.2, -0.15) is 0 Å². The molecule has 1 unspecified atom stereocenters. The number of unbranched alkanes of at least 4 members (excludes halogenated alkanes) is 3. The van der Waals surface area contributed by atoms with E-state index in [9.17, 15) is 5.11 Å². The largest absolute Gasteiger partial charge is 0.396 e. The molecular formula is C17H28OSi. The Bertz CT molecular complexity index is 370. The van der Waals surface area contributed by atoms with Gasteiger partial charge in [-0.3, -0.25) is 0 Å². The van der Waals surface area contributed by atoms with Gasteiger partial charge in [0.15, 0.2) is 0 Å². The first-order valence-corrected chi connectivity index (χ1v) is 10.5. The molecule has 0 aliphatic rings. The normalized spacial score (nSPS) is 13.9. The highest BCUT2D eigenvalue weighted by atomic mass is 28.3. The molecule has 19 heavy (non-hydrogen) atoms. The highest BCUT2D eigenvalue weighted by Gasteiger charge is 2.31. The van der Waals surface area contributed by atoms with Gasteiger partial charge in [0.1, 0.15) is 0 Å². The smallest absolute Gasteiger partial charge is 0.0898 e. The van der Waals surface area contributed by atoms with Crippen molar-refractivity contribution in [2.24, 2.45) is 0 Å². The minimum Gasteiger partial charge on any atom is -0.396 e. The Morgan fingerprint density at radius 3 is 2.42 bits per heavy atom. The van der Waals surface area contributed by atoms with Crippen LogP contribution in [0.15, 0.2) is 42.5 Å². The molecule has 1 N–H and O–H groups in total. The van der Waals surface area contributed by atoms with Gasteiger partial charge in [0, 0.05) is 6.61 Å². The average Bonchev–Trinajstić information content (AvgIpc) is 2.43. The van der Waals surface area contributed by atoms with Crippen molar-refractivity contribution in [3.63, 3.8) is 0 Å². The fraction of sp³-hybridized carbons (Fsp3) is 0.529. The van der Waals surface area contributed by atoms with E-state index in [0.717, 1.165) is 6.42 Å². The Labute approximate surface area is 119 Å². The summed E-state index contributed by atoms with van der Waals surface area (Å²) in [6, 6.07) is 10.7. The van der Waals surface area contributed by atoms with Gasteiger partial charge in [-0.25, -0.2) is 0 Å². The molecule has 0 saturated carbocycles. The van der Waals surface area contributed by atoms with Crippen LogP contribution >= 0.6 is 0 Å². The van der Waals surface area contributed by atoms with Crippen LogP contribution in [0, 0.1) is 0 Å². The maximum Gasteiger partial charge on any atom is 0.0898 e. The minimum atomic E-state index is -1.61. The first kappa shape index (κ1) is 16.2. The summed E-state index contributed by atoms with van der Waals surface area (Å²) in [7, 11) is -1.61. The van der Waals surface area contributed by atoms with Crippen molar-refractivity contribution in [3.05, 3.63) is 42.5 Å². The highest BCUT2D eigenvalue weighted by molar-refractivity contribution is 6.91. The average molecular weight is 276 g/mol. The zero-order valence-electron chi connectivity index (χ0n) is 12.6. The lowest BCUT2D eigenvalue weighted by atomic mass is 10.2. The maximum atomic E-state index is 9.71. The molecule has 0 spiro atoms. The van der Waals surface area contributed by atoms with Crippen LogP contribution in [0.3, 0.4) is 0 Å². The Balaban J connectivity index is 2.67. The third-order valence-electron chi connectivity index (χ3n) is 3.98. The molecule has 0 amide bonds. The van der Waals surface area contributed by atoms with Crippen molar-refractivity contribution in [1.29, 1.82) is 0 Å². The molecule has 0 aromatic heterocycles. The zero-order chi connectivity index (χ0) is 14.1. The number of aliphatic hydroxyl groups excluding tert-OH is 1. The second-order valence-corrected chi connectivity index (χ2v) is 10.6. The van der Waals surface area contributed by atoms with E-state index in [-0.39, 0.29) is 6.61 Å². The van der Waals surface area contributed by atoms with Crippen molar-refractivity contribution in [3.8, 4) is 0 Å². The van der Waals surface area contributed by atoms with E-state index in [1.54, 1.807) is 0 Å². The predicted molar refractivity (Wildman–Crippen MR) is 87.7 cm³/mol. The van der Waals surface area contributed by atoms with Crippen LogP contribution in [0.25, 0.3) is 0 Å². The molecule has 0 saturated heterocycles. The van der Waals surface area contributed by atoms with Crippen molar-refractivity contribution >= 4 is 13.3 Å². The van der Waals surface area contributed by atoms with Crippen molar-refractivity contribution < 1.29 is 5.11 Å². The van der Waals surface area contributed by atoms with Crippen molar-refractivity contribution in [2.75, 3.05) is 6.61 Å². The lowest BCUT2D eigenvalue weighted by Crippen LogP contribution is -2.46. The van der Waals surface area contributed by atoms with E-state index in [1.807, 2.05) is 0 Å². The molecule has 1 nitrogen and oxygen atoms in total. The van der Waals surface area contributed by atoms with Crippen LogP contribution in [-0.4, -0.2) is 19.8 Å². The lowest BCUT2D eigenvalue weighted by Gasteiger charge is -2.29. The third-order valence-corrected chi connectivity index (χ3v) is 8.03. The Kier molecular flexibility index (Phi) is 7.10. The molecule has 1 aromatic carbocycles. The number of hydrogen-bond donors (Lipinski definition) is 1. The van der Waals surface area contributed by atoms with Crippen LogP contribution in [0.2, 0.25) is 18.6 Å². The Hall–Kier alpha value is -0.863. The van der Waals surface area contributed by atoms with Gasteiger partial charge in [-0.1, -0.05) is 80.5 Å². The second kappa shape index (κ2) is 8.34. The maximum absolute atomic E-state index is 9.71. The van der Waals surface area contributed by atoms with Gasteiger partial charge in [-0.15, -0.1) is 0 Å². The highest BCUT2D eigenvalue weighted by Crippen LogP contribution is 2.23. The molecule has 0 radical (unpaired) electrons. The van der Waals surface area contributed by atoms with Crippen LogP contribution < -0.4 is 5.19 Å². The fourth-order valence-corrected chi connectivity index (χ4v) is 4.94. The molecule has 2 heteroatoms. The molecule has 1 aromatic rings. The lowest BCUT2D eigenvalue weighted by molar-refractivity contribution is 0.300. The monoisotopic (exact) mass is 276 g/mol. The van der Waals surface area contributed by atoms with Gasteiger partial charge in [0.25, 0.3) is 0 Å². The van der Waals surface area contributed by atoms with E-state index < -0.39 is 8.07 Å². The number of aliphatic hydroxyl groups is 1. The summed E-state index contributed by atoms with van der Waals surface area (Å²) in [5.74, 6) is 0. The predicted octanol–water partition coefficient (Wildman–Crippen LogP) is 4.10. The number of rotatable bonds is 8. The molecule has 0 aliphatic carbocycles. The molecule has 0 heterocycles. The van der Waals surface area contributed by atoms with Crippen LogP contribution in [0.1, 0.15) is 32.6 Å². The van der Waals surface area contributed by atoms with E-state index in [0.29, 0.717) is 5.54 Å². The summed E-state index contributed by atoms with van der Waals surface area (Å²) >= 11 is 0. The molecule has 0 fully saturated rings. The number of hydrogen-bond acceptors (Lipinski definition) is 1. The van der Waals surface area contributed by atoms with Crippen LogP contribution in [0.4, 0.5) is 0 Å². The van der Waals surface area contributed by atoms with Crippen LogP contribution in [0.5, 0.6) is 0 Å². The summed E-state index contributed by atoms with van der Waals surface area (Å²) in [5, 5.41) is 11.1. The minimum absolute atomic E-state index is 0.262. The van der Waals surface area contributed by atoms with Crippen molar-refractivity contribution in [2.45, 2.75) is 51.2 Å². The van der Waals surface area contributed by atoms with Gasteiger partial charge < -0.3 is 5.11 Å². The Morgan fingerprint density at radius 2 is 1.84 bits per heavy atom. The summed E-state index contributed by atoms with van der Waals surface area (Å²) in [6.45, 7) is 7.18. The zero-order valence-corrected chi connectivity index (χ0v) is 13.6. The molecule has 1 rings (SSSR count). The standard InChI is InChI=1S/C17H28OSi/c1-4-5-6-7-9-14-17(15-18)19(2,3)16-12-10-8-11-13-16/h8-14,17-18H,4-7,15H2,1-3H3/b14-9-. The van der Waals surface area contributed by atoms with Gasteiger partial charge in [0.2, 0.25) is 0 Å².